The molecular weight excluding hydrogens is 276 g/mol. The average Bonchev–Trinajstić information content (AvgIpc) is 3.19. The van der Waals surface area contributed by atoms with E-state index in [0.29, 0.717) is 17.9 Å². The number of H-pyrrole nitrogens is 2. The molecule has 3 aromatic rings. The van der Waals surface area contributed by atoms with E-state index in [1.807, 2.05) is 11.4 Å². The van der Waals surface area contributed by atoms with Crippen molar-refractivity contribution < 1.29 is 4.79 Å². The van der Waals surface area contributed by atoms with Gasteiger partial charge in [0.05, 0.1) is 12.1 Å². The normalized spacial score (nSPS) is 10.7. The summed E-state index contributed by atoms with van der Waals surface area (Å²) in [5, 5.41) is 15.8. The van der Waals surface area contributed by atoms with E-state index in [-0.39, 0.29) is 5.91 Å². The fourth-order valence-electron chi connectivity index (χ4n) is 1.85. The van der Waals surface area contributed by atoms with E-state index in [1.54, 1.807) is 41.7 Å². The Bertz CT molecular complexity index is 687. The molecule has 20 heavy (non-hydrogen) atoms. The Morgan fingerprint density at radius 1 is 1.50 bits per heavy atom. The van der Waals surface area contributed by atoms with E-state index in [4.69, 9.17) is 0 Å². The molecule has 0 radical (unpaired) electrons. The minimum atomic E-state index is -0.0132. The molecule has 8 heteroatoms. The molecule has 0 spiro atoms. The van der Waals surface area contributed by atoms with Crippen molar-refractivity contribution in [1.82, 2.24) is 30.5 Å². The largest absolute Gasteiger partial charge is 0.367 e. The molecule has 0 aliphatic carbocycles. The number of amides is 1. The van der Waals surface area contributed by atoms with Crippen LogP contribution in [0.2, 0.25) is 0 Å². The molecule has 0 aliphatic rings. The molecule has 3 aromatic heterocycles. The van der Waals surface area contributed by atoms with Crippen molar-refractivity contribution in [3.8, 4) is 11.4 Å². The molecule has 0 saturated heterocycles. The van der Waals surface area contributed by atoms with Gasteiger partial charge in [-0.3, -0.25) is 4.79 Å². The van der Waals surface area contributed by atoms with Gasteiger partial charge in [0.25, 0.3) is 5.91 Å². The van der Waals surface area contributed by atoms with Crippen molar-refractivity contribution >= 4 is 17.2 Å². The van der Waals surface area contributed by atoms with Gasteiger partial charge in [0, 0.05) is 35.3 Å². The standard InChI is InChI=1S/C12H12N6OS/c1-18(12(19)8-2-3-13-5-8)6-10-4-9(7-20-10)11-14-16-17-15-11/h2-5,7,13H,6H2,1H3,(H,14,15,16,17). The number of nitrogens with one attached hydrogen (secondary N) is 2. The summed E-state index contributed by atoms with van der Waals surface area (Å²) >= 11 is 1.57. The molecule has 3 heterocycles. The van der Waals surface area contributed by atoms with Crippen LogP contribution < -0.4 is 0 Å². The molecule has 102 valence electrons. The van der Waals surface area contributed by atoms with Gasteiger partial charge >= 0.3 is 0 Å². The van der Waals surface area contributed by atoms with Gasteiger partial charge in [0.15, 0.2) is 0 Å². The topological polar surface area (TPSA) is 90.6 Å². The van der Waals surface area contributed by atoms with E-state index in [0.717, 1.165) is 10.4 Å². The zero-order chi connectivity index (χ0) is 13.9. The van der Waals surface area contributed by atoms with Crippen LogP contribution in [-0.4, -0.2) is 43.5 Å². The number of nitrogens with zero attached hydrogens (tertiary/aromatic N) is 4. The van der Waals surface area contributed by atoms with E-state index >= 15 is 0 Å². The Hall–Kier alpha value is -2.48. The van der Waals surface area contributed by atoms with Crippen molar-refractivity contribution in [3.05, 3.63) is 40.3 Å². The number of carbonyl (C=O) groups excluding carboxylic acids is 1. The monoisotopic (exact) mass is 288 g/mol. The van der Waals surface area contributed by atoms with Gasteiger partial charge in [0.1, 0.15) is 0 Å². The lowest BCUT2D eigenvalue weighted by Crippen LogP contribution is -2.25. The molecule has 0 aromatic carbocycles. The maximum absolute atomic E-state index is 12.1. The van der Waals surface area contributed by atoms with E-state index in [1.165, 1.54) is 0 Å². The number of thiophene rings is 1. The minimum Gasteiger partial charge on any atom is -0.367 e. The first-order chi connectivity index (χ1) is 9.74. The SMILES string of the molecule is CN(Cc1cc(-c2nn[nH]n2)cs1)C(=O)c1cc[nH]c1. The highest BCUT2D eigenvalue weighted by Crippen LogP contribution is 2.23. The summed E-state index contributed by atoms with van der Waals surface area (Å²) in [5.74, 6) is 0.549. The van der Waals surface area contributed by atoms with E-state index in [2.05, 4.69) is 25.6 Å². The van der Waals surface area contributed by atoms with E-state index < -0.39 is 0 Å². The van der Waals surface area contributed by atoms with Gasteiger partial charge < -0.3 is 9.88 Å². The predicted octanol–water partition coefficient (Wildman–Crippen LogP) is 1.53. The fraction of sp³-hybridized carbons (Fsp3) is 0.167. The highest BCUT2D eigenvalue weighted by atomic mass is 32.1. The lowest BCUT2D eigenvalue weighted by Gasteiger charge is -2.15. The van der Waals surface area contributed by atoms with Crippen LogP contribution >= 0.6 is 11.3 Å². The molecule has 7 nitrogen and oxygen atoms in total. The predicted molar refractivity (Wildman–Crippen MR) is 74.1 cm³/mol. The molecule has 0 unspecified atom stereocenters. The number of rotatable bonds is 4. The summed E-state index contributed by atoms with van der Waals surface area (Å²) in [6, 6.07) is 3.73. The zero-order valence-electron chi connectivity index (χ0n) is 10.7. The van der Waals surface area contributed by atoms with Gasteiger partial charge in [-0.1, -0.05) is 0 Å². The molecule has 0 bridgehead atoms. The lowest BCUT2D eigenvalue weighted by atomic mass is 10.2. The Morgan fingerprint density at radius 2 is 2.40 bits per heavy atom. The van der Waals surface area contributed by atoms with Crippen LogP contribution in [0.1, 0.15) is 15.2 Å². The second-order valence-electron chi connectivity index (χ2n) is 4.30. The second kappa shape index (κ2) is 5.25. The third-order valence-corrected chi connectivity index (χ3v) is 3.76. The van der Waals surface area contributed by atoms with Crippen LogP contribution in [0.3, 0.4) is 0 Å². The van der Waals surface area contributed by atoms with Gasteiger partial charge in [-0.05, 0) is 17.3 Å². The van der Waals surface area contributed by atoms with Gasteiger partial charge in [-0.15, -0.1) is 21.5 Å². The van der Waals surface area contributed by atoms with Gasteiger partial charge in [-0.2, -0.15) is 5.21 Å². The Kier molecular flexibility index (Phi) is 3.30. The first kappa shape index (κ1) is 12.5. The van der Waals surface area contributed by atoms with Crippen molar-refractivity contribution in [2.24, 2.45) is 0 Å². The molecule has 0 fully saturated rings. The summed E-state index contributed by atoms with van der Waals surface area (Å²) < 4.78 is 0. The summed E-state index contributed by atoms with van der Waals surface area (Å²) in [5.41, 5.74) is 1.56. The first-order valence-corrected chi connectivity index (χ1v) is 6.81. The summed E-state index contributed by atoms with van der Waals surface area (Å²) in [6.45, 7) is 0.548. The van der Waals surface area contributed by atoms with Crippen LogP contribution in [0, 0.1) is 0 Å². The molecule has 0 atom stereocenters. The minimum absolute atomic E-state index is 0.0132. The first-order valence-electron chi connectivity index (χ1n) is 5.93. The molecule has 1 amide bonds. The smallest absolute Gasteiger partial charge is 0.255 e. The molecule has 0 aliphatic heterocycles. The maximum atomic E-state index is 12.1. The van der Waals surface area contributed by atoms with Gasteiger partial charge in [0.2, 0.25) is 5.82 Å². The molecular formula is C12H12N6OS. The van der Waals surface area contributed by atoms with Crippen LogP contribution in [0.4, 0.5) is 0 Å². The van der Waals surface area contributed by atoms with E-state index in [9.17, 15) is 4.79 Å². The Labute approximate surface area is 118 Å². The number of tetrazole rings is 1. The van der Waals surface area contributed by atoms with Crippen LogP contribution in [0.25, 0.3) is 11.4 Å². The Balaban J connectivity index is 1.70. The molecule has 0 saturated carbocycles. The van der Waals surface area contributed by atoms with Crippen molar-refractivity contribution in [2.45, 2.75) is 6.54 Å². The third-order valence-electron chi connectivity index (χ3n) is 2.84. The molecule has 2 N–H and O–H groups in total. The van der Waals surface area contributed by atoms with Crippen molar-refractivity contribution in [3.63, 3.8) is 0 Å². The summed E-state index contributed by atoms with van der Waals surface area (Å²) in [4.78, 5) is 17.7. The number of aromatic nitrogens is 5. The third kappa shape index (κ3) is 2.45. The van der Waals surface area contributed by atoms with Crippen LogP contribution in [0.5, 0.6) is 0 Å². The van der Waals surface area contributed by atoms with Crippen LogP contribution in [0.15, 0.2) is 29.9 Å². The molecule has 3 rings (SSSR count). The fourth-order valence-corrected chi connectivity index (χ4v) is 2.76. The zero-order valence-corrected chi connectivity index (χ0v) is 11.5. The van der Waals surface area contributed by atoms with Crippen molar-refractivity contribution in [2.75, 3.05) is 7.05 Å². The lowest BCUT2D eigenvalue weighted by molar-refractivity contribution is 0.0786. The quantitative estimate of drug-likeness (QED) is 0.761. The number of aromatic amines is 2. The van der Waals surface area contributed by atoms with Crippen molar-refractivity contribution in [1.29, 1.82) is 0 Å². The second-order valence-corrected chi connectivity index (χ2v) is 5.29. The number of hydrogen-bond acceptors (Lipinski definition) is 5. The average molecular weight is 288 g/mol. The summed E-state index contributed by atoms with van der Waals surface area (Å²) in [6.07, 6.45) is 3.43. The number of hydrogen-bond donors (Lipinski definition) is 2. The maximum Gasteiger partial charge on any atom is 0.255 e. The number of carbonyl (C=O) groups is 1. The van der Waals surface area contributed by atoms with Gasteiger partial charge in [-0.25, -0.2) is 0 Å². The Morgan fingerprint density at radius 3 is 3.10 bits per heavy atom. The highest BCUT2D eigenvalue weighted by Gasteiger charge is 2.14. The highest BCUT2D eigenvalue weighted by molar-refractivity contribution is 7.10. The summed E-state index contributed by atoms with van der Waals surface area (Å²) in [7, 11) is 1.78. The van der Waals surface area contributed by atoms with Crippen LogP contribution in [-0.2, 0) is 6.54 Å².